The van der Waals surface area contributed by atoms with Crippen molar-refractivity contribution in [2.45, 2.75) is 31.9 Å². The lowest BCUT2D eigenvalue weighted by Crippen LogP contribution is -2.24. The van der Waals surface area contributed by atoms with Crippen LogP contribution in [0.15, 0.2) is 43.0 Å². The van der Waals surface area contributed by atoms with E-state index in [1.807, 2.05) is 0 Å². The Balaban J connectivity index is 1.46. The molecule has 10 nitrogen and oxygen atoms in total. The molecule has 186 valence electrons. The molecule has 1 aliphatic rings. The van der Waals surface area contributed by atoms with E-state index in [4.69, 9.17) is 5.14 Å². The van der Waals surface area contributed by atoms with E-state index in [-0.39, 0.29) is 35.9 Å². The summed E-state index contributed by atoms with van der Waals surface area (Å²) in [5, 5.41) is 19.3. The van der Waals surface area contributed by atoms with Crippen molar-refractivity contribution in [2.75, 3.05) is 6.61 Å². The topological polar surface area (TPSA) is 150 Å². The van der Waals surface area contributed by atoms with Gasteiger partial charge in [0.25, 0.3) is 0 Å². The van der Waals surface area contributed by atoms with Gasteiger partial charge in [0.05, 0.1) is 30.5 Å². The third-order valence-corrected chi connectivity index (χ3v) is 6.40. The molecule has 1 saturated carbocycles. The van der Waals surface area contributed by atoms with Crippen LogP contribution in [0.4, 0.5) is 8.78 Å². The Morgan fingerprint density at radius 3 is 2.83 bits per heavy atom. The molecule has 35 heavy (non-hydrogen) atoms. The van der Waals surface area contributed by atoms with E-state index >= 15 is 0 Å². The number of aliphatic hydroxyl groups is 1. The Morgan fingerprint density at radius 2 is 2.06 bits per heavy atom. The molecule has 13 heteroatoms. The lowest BCUT2D eigenvalue weighted by atomic mass is 9.96. The molecule has 4 rings (SSSR count). The zero-order chi connectivity index (χ0) is 25.2. The van der Waals surface area contributed by atoms with Gasteiger partial charge < -0.3 is 5.11 Å². The van der Waals surface area contributed by atoms with Crippen molar-refractivity contribution in [1.82, 2.24) is 19.7 Å². The highest BCUT2D eigenvalue weighted by Gasteiger charge is 2.35. The number of ketones is 1. The summed E-state index contributed by atoms with van der Waals surface area (Å²) in [6.45, 7) is -0.285. The molecule has 3 atom stereocenters. The molecule has 1 aliphatic carbocycles. The van der Waals surface area contributed by atoms with Gasteiger partial charge in [-0.25, -0.2) is 23.9 Å². The number of aliphatic hydroxyl groups excluding tert-OH is 1. The summed E-state index contributed by atoms with van der Waals surface area (Å²) in [7, 11) is -4.11. The fourth-order valence-electron chi connectivity index (χ4n) is 4.27. The van der Waals surface area contributed by atoms with Crippen molar-refractivity contribution >= 4 is 16.1 Å². The lowest BCUT2D eigenvalue weighted by Gasteiger charge is -2.13. The maximum atomic E-state index is 13.9. The fourth-order valence-corrected chi connectivity index (χ4v) is 4.64. The first kappa shape index (κ1) is 25.0. The summed E-state index contributed by atoms with van der Waals surface area (Å²) in [6, 6.07) is 4.58. The number of carbonyl (C=O) groups is 1. The third kappa shape index (κ3) is 6.31. The Hall–Kier alpha value is -3.13. The van der Waals surface area contributed by atoms with Crippen LogP contribution in [-0.4, -0.2) is 51.8 Å². The van der Waals surface area contributed by atoms with E-state index < -0.39 is 39.7 Å². The maximum Gasteiger partial charge on any atom is 0.333 e. The first-order valence-corrected chi connectivity index (χ1v) is 12.2. The number of carbonyl (C=O) groups excluding carboxylic acids is 1. The number of nitrogens with zero attached hydrogens (tertiary/aromatic N) is 4. The first-order chi connectivity index (χ1) is 16.6. The minimum Gasteiger partial charge on any atom is -0.393 e. The van der Waals surface area contributed by atoms with Crippen LogP contribution in [0.25, 0.3) is 0 Å². The van der Waals surface area contributed by atoms with Crippen molar-refractivity contribution in [3.63, 3.8) is 0 Å². The van der Waals surface area contributed by atoms with Gasteiger partial charge in [-0.15, -0.1) is 0 Å². The van der Waals surface area contributed by atoms with Crippen LogP contribution >= 0.6 is 0 Å². The van der Waals surface area contributed by atoms with Crippen LogP contribution in [0, 0.1) is 23.5 Å². The molecule has 0 bridgehead atoms. The minimum atomic E-state index is -4.11. The lowest BCUT2D eigenvalue weighted by molar-refractivity contribution is 0.100. The van der Waals surface area contributed by atoms with Gasteiger partial charge in [0, 0.05) is 23.9 Å². The summed E-state index contributed by atoms with van der Waals surface area (Å²) in [5.41, 5.74) is 0.870. The van der Waals surface area contributed by atoms with Gasteiger partial charge in [0.1, 0.15) is 23.7 Å². The molecule has 3 aromatic rings. The molecule has 0 amide bonds. The van der Waals surface area contributed by atoms with Crippen molar-refractivity contribution in [1.29, 1.82) is 0 Å². The first-order valence-electron chi connectivity index (χ1n) is 10.7. The quantitative estimate of drug-likeness (QED) is 0.413. The predicted octanol–water partition coefficient (Wildman–Crippen LogP) is 1.38. The van der Waals surface area contributed by atoms with E-state index in [9.17, 15) is 27.1 Å². The van der Waals surface area contributed by atoms with Gasteiger partial charge in [-0.2, -0.15) is 13.5 Å². The van der Waals surface area contributed by atoms with Crippen molar-refractivity contribution in [2.24, 2.45) is 17.0 Å². The smallest absolute Gasteiger partial charge is 0.333 e. The van der Waals surface area contributed by atoms with E-state index in [0.29, 0.717) is 25.0 Å². The Kier molecular flexibility index (Phi) is 7.31. The largest absolute Gasteiger partial charge is 0.393 e. The standard InChI is InChI=1S/C22H23F2N5O5S/c23-16-1-2-18(24)14(8-16)10-29-4-3-19(28-29)22(31)17-9-26-12-27-20(17)6-13-5-15(21(30)7-13)11-34-35(25,32)33/h1-4,8-9,12-13,15,21,30H,5-7,10-11H2,(H2,25,32,33)/t13-,15+,21-/m0/s1. The minimum absolute atomic E-state index is 0.0586. The number of rotatable bonds is 9. The number of halogens is 2. The highest BCUT2D eigenvalue weighted by atomic mass is 32.2. The van der Waals surface area contributed by atoms with Gasteiger partial charge in [0.2, 0.25) is 5.78 Å². The summed E-state index contributed by atoms with van der Waals surface area (Å²) >= 11 is 0. The normalized spacial score (nSPS) is 20.3. The molecule has 0 radical (unpaired) electrons. The predicted molar refractivity (Wildman–Crippen MR) is 118 cm³/mol. The average molecular weight is 508 g/mol. The Labute approximate surface area is 200 Å². The number of hydrogen-bond acceptors (Lipinski definition) is 8. The average Bonchev–Trinajstić information content (AvgIpc) is 3.40. The molecule has 0 unspecified atom stereocenters. The van der Waals surface area contributed by atoms with Crippen LogP contribution in [0.1, 0.15) is 40.2 Å². The number of hydrogen-bond donors (Lipinski definition) is 2. The molecule has 2 aromatic heterocycles. The van der Waals surface area contributed by atoms with E-state index in [2.05, 4.69) is 19.2 Å². The molecule has 0 aliphatic heterocycles. The van der Waals surface area contributed by atoms with Gasteiger partial charge in [-0.1, -0.05) is 0 Å². The summed E-state index contributed by atoms with van der Waals surface area (Å²) in [4.78, 5) is 21.3. The van der Waals surface area contributed by atoms with E-state index in [1.54, 1.807) is 0 Å². The summed E-state index contributed by atoms with van der Waals surface area (Å²) in [6.07, 6.45) is 4.59. The summed E-state index contributed by atoms with van der Waals surface area (Å²) in [5.74, 6) is -2.09. The molecular weight excluding hydrogens is 484 g/mol. The van der Waals surface area contributed by atoms with Crippen molar-refractivity contribution in [3.05, 3.63) is 77.1 Å². The van der Waals surface area contributed by atoms with Gasteiger partial charge >= 0.3 is 10.3 Å². The zero-order valence-electron chi connectivity index (χ0n) is 18.4. The highest BCUT2D eigenvalue weighted by molar-refractivity contribution is 7.84. The van der Waals surface area contributed by atoms with Crippen LogP contribution in [0.3, 0.4) is 0 Å². The second-order valence-corrected chi connectivity index (χ2v) is 9.71. The monoisotopic (exact) mass is 507 g/mol. The van der Waals surface area contributed by atoms with E-state index in [0.717, 1.165) is 18.2 Å². The Bertz CT molecular complexity index is 1330. The van der Waals surface area contributed by atoms with Crippen molar-refractivity contribution in [3.8, 4) is 0 Å². The molecule has 1 fully saturated rings. The second kappa shape index (κ2) is 10.2. The molecule has 0 saturated heterocycles. The molecular formula is C22H23F2N5O5S. The molecule has 1 aromatic carbocycles. The molecule has 2 heterocycles. The fraction of sp³-hybridized carbons (Fsp3) is 0.364. The molecule has 3 N–H and O–H groups in total. The van der Waals surface area contributed by atoms with Crippen LogP contribution in [0.2, 0.25) is 0 Å². The molecule has 0 spiro atoms. The summed E-state index contributed by atoms with van der Waals surface area (Å²) < 4.78 is 55.4. The van der Waals surface area contributed by atoms with Gasteiger partial charge in [-0.05, 0) is 49.4 Å². The number of aromatic nitrogens is 4. The number of benzene rings is 1. The van der Waals surface area contributed by atoms with Gasteiger partial charge in [-0.3, -0.25) is 13.7 Å². The van der Waals surface area contributed by atoms with Crippen molar-refractivity contribution < 1.29 is 31.3 Å². The van der Waals surface area contributed by atoms with Crippen LogP contribution in [-0.2, 0) is 27.5 Å². The second-order valence-electron chi connectivity index (χ2n) is 8.49. The van der Waals surface area contributed by atoms with Gasteiger partial charge in [0.15, 0.2) is 0 Å². The maximum absolute atomic E-state index is 13.9. The number of nitrogens with two attached hydrogens (primary N) is 1. The third-order valence-electron chi connectivity index (χ3n) is 5.94. The SMILES string of the molecule is NS(=O)(=O)OC[C@H]1C[C@@H](Cc2ncncc2C(=O)c2ccn(Cc3cc(F)ccc3F)n2)C[C@@H]1O. The van der Waals surface area contributed by atoms with Crippen LogP contribution < -0.4 is 5.14 Å². The highest BCUT2D eigenvalue weighted by Crippen LogP contribution is 2.34. The van der Waals surface area contributed by atoms with Crippen LogP contribution in [0.5, 0.6) is 0 Å². The Morgan fingerprint density at radius 1 is 1.26 bits per heavy atom. The van der Waals surface area contributed by atoms with E-state index in [1.165, 1.54) is 29.5 Å². The zero-order valence-corrected chi connectivity index (χ0v) is 19.2.